The molecule has 2 N–H and O–H groups in total. The van der Waals surface area contributed by atoms with Gasteiger partial charge in [0.15, 0.2) is 0 Å². The summed E-state index contributed by atoms with van der Waals surface area (Å²) in [4.78, 5) is 0. The first-order chi connectivity index (χ1) is 9.88. The molecule has 21 heavy (non-hydrogen) atoms. The third-order valence-electron chi connectivity index (χ3n) is 2.96. The van der Waals surface area contributed by atoms with Crippen molar-refractivity contribution in [2.75, 3.05) is 11.9 Å². The number of benzene rings is 2. The molecule has 0 aliphatic carbocycles. The summed E-state index contributed by atoms with van der Waals surface area (Å²) >= 11 is 3.19. The molecule has 0 saturated carbocycles. The lowest BCUT2D eigenvalue weighted by Crippen LogP contribution is -2.13. The lowest BCUT2D eigenvalue weighted by molar-refractivity contribution is -0.137. The molecule has 2 rings (SSSR count). The summed E-state index contributed by atoms with van der Waals surface area (Å²) in [5, 5.41) is 12.8. The lowest BCUT2D eigenvalue weighted by Gasteiger charge is -2.16. The van der Waals surface area contributed by atoms with Gasteiger partial charge in [-0.1, -0.05) is 30.3 Å². The van der Waals surface area contributed by atoms with E-state index in [0.717, 1.165) is 12.1 Å². The molecule has 0 fully saturated rings. The first-order valence-electron chi connectivity index (χ1n) is 6.21. The molecule has 2 nitrogen and oxygen atoms in total. The van der Waals surface area contributed by atoms with Crippen molar-refractivity contribution < 1.29 is 18.3 Å². The fourth-order valence-corrected chi connectivity index (χ4v) is 2.22. The Bertz CT molecular complexity index is 602. The molecule has 1 atom stereocenters. The summed E-state index contributed by atoms with van der Waals surface area (Å²) in [6, 6.07) is 12.3. The van der Waals surface area contributed by atoms with Gasteiger partial charge in [0, 0.05) is 16.7 Å². The fraction of sp³-hybridized carbons (Fsp3) is 0.200. The number of alkyl halides is 3. The minimum atomic E-state index is -4.39. The first kappa shape index (κ1) is 15.9. The fourth-order valence-electron chi connectivity index (χ4n) is 1.84. The largest absolute Gasteiger partial charge is 0.416 e. The average Bonchev–Trinajstić information content (AvgIpc) is 2.45. The molecule has 112 valence electrons. The molecule has 0 aromatic heterocycles. The summed E-state index contributed by atoms with van der Waals surface area (Å²) in [7, 11) is 0. The van der Waals surface area contributed by atoms with Crippen molar-refractivity contribution in [3.05, 3.63) is 64.1 Å². The van der Waals surface area contributed by atoms with Crippen molar-refractivity contribution in [2.24, 2.45) is 0 Å². The molecule has 0 radical (unpaired) electrons. The third kappa shape index (κ3) is 4.22. The molecule has 0 heterocycles. The number of rotatable bonds is 4. The zero-order valence-corrected chi connectivity index (χ0v) is 12.4. The van der Waals surface area contributed by atoms with Crippen LogP contribution in [0.5, 0.6) is 0 Å². The van der Waals surface area contributed by atoms with Crippen LogP contribution in [-0.2, 0) is 6.18 Å². The molecular formula is C15H13BrF3NO. The molecule has 1 unspecified atom stereocenters. The summed E-state index contributed by atoms with van der Waals surface area (Å²) < 4.78 is 38.5. The van der Waals surface area contributed by atoms with Gasteiger partial charge in [-0.05, 0) is 39.7 Å². The third-order valence-corrected chi connectivity index (χ3v) is 3.66. The van der Waals surface area contributed by atoms with Crippen molar-refractivity contribution in [1.82, 2.24) is 0 Å². The SMILES string of the molecule is OC(CNc1cc(C(F)(F)F)ccc1Br)c1ccccc1. The van der Waals surface area contributed by atoms with Crippen LogP contribution in [0.2, 0.25) is 0 Å². The van der Waals surface area contributed by atoms with E-state index in [4.69, 9.17) is 0 Å². The molecule has 2 aromatic carbocycles. The quantitative estimate of drug-likeness (QED) is 0.835. The molecule has 0 aliphatic heterocycles. The minimum absolute atomic E-state index is 0.115. The van der Waals surface area contributed by atoms with E-state index in [2.05, 4.69) is 21.2 Å². The number of halogens is 4. The second-order valence-electron chi connectivity index (χ2n) is 4.50. The number of anilines is 1. The number of aliphatic hydroxyl groups is 1. The van der Waals surface area contributed by atoms with Crippen LogP contribution in [0, 0.1) is 0 Å². The summed E-state index contributed by atoms with van der Waals surface area (Å²) in [6.45, 7) is 0.115. The van der Waals surface area contributed by atoms with E-state index in [1.54, 1.807) is 24.3 Å². The van der Waals surface area contributed by atoms with E-state index in [9.17, 15) is 18.3 Å². The van der Waals surface area contributed by atoms with Gasteiger partial charge in [0.25, 0.3) is 0 Å². The number of nitrogens with one attached hydrogen (secondary N) is 1. The lowest BCUT2D eigenvalue weighted by atomic mass is 10.1. The highest BCUT2D eigenvalue weighted by Gasteiger charge is 2.30. The maximum Gasteiger partial charge on any atom is 0.416 e. The van der Waals surface area contributed by atoms with Crippen molar-refractivity contribution in [3.63, 3.8) is 0 Å². The Hall–Kier alpha value is -1.53. The second kappa shape index (κ2) is 6.49. The summed E-state index contributed by atoms with van der Waals surface area (Å²) in [6.07, 6.45) is -5.19. The normalized spacial score (nSPS) is 13.0. The Kier molecular flexibility index (Phi) is 4.90. The highest BCUT2D eigenvalue weighted by molar-refractivity contribution is 9.10. The summed E-state index contributed by atoms with van der Waals surface area (Å²) in [5.41, 5.74) is 0.260. The number of aliphatic hydroxyl groups excluding tert-OH is 1. The van der Waals surface area contributed by atoms with Gasteiger partial charge in [-0.3, -0.25) is 0 Å². The maximum atomic E-state index is 12.7. The molecule has 0 amide bonds. The molecule has 0 aliphatic rings. The van der Waals surface area contributed by atoms with E-state index >= 15 is 0 Å². The average molecular weight is 360 g/mol. The Morgan fingerprint density at radius 3 is 2.38 bits per heavy atom. The van der Waals surface area contributed by atoms with Gasteiger partial charge in [-0.2, -0.15) is 13.2 Å². The monoisotopic (exact) mass is 359 g/mol. The Morgan fingerprint density at radius 2 is 1.76 bits per heavy atom. The Labute approximate surface area is 128 Å². The highest BCUT2D eigenvalue weighted by Crippen LogP contribution is 2.34. The van der Waals surface area contributed by atoms with E-state index < -0.39 is 17.8 Å². The molecular weight excluding hydrogens is 347 g/mol. The smallest absolute Gasteiger partial charge is 0.387 e. The van der Waals surface area contributed by atoms with Crippen LogP contribution in [-0.4, -0.2) is 11.7 Å². The van der Waals surface area contributed by atoms with Gasteiger partial charge < -0.3 is 10.4 Å². The van der Waals surface area contributed by atoms with Crippen LogP contribution in [0.1, 0.15) is 17.2 Å². The highest BCUT2D eigenvalue weighted by atomic mass is 79.9. The molecule has 2 aromatic rings. The summed E-state index contributed by atoms with van der Waals surface area (Å²) in [5.74, 6) is 0. The van der Waals surface area contributed by atoms with Crippen molar-refractivity contribution in [2.45, 2.75) is 12.3 Å². The van der Waals surface area contributed by atoms with E-state index in [0.29, 0.717) is 15.7 Å². The van der Waals surface area contributed by atoms with E-state index in [-0.39, 0.29) is 6.54 Å². The van der Waals surface area contributed by atoms with Crippen molar-refractivity contribution >= 4 is 21.6 Å². The maximum absolute atomic E-state index is 12.7. The van der Waals surface area contributed by atoms with Crippen LogP contribution in [0.25, 0.3) is 0 Å². The molecule has 6 heteroatoms. The standard InChI is InChI=1S/C15H13BrF3NO/c16-12-7-6-11(15(17,18)19)8-13(12)20-9-14(21)10-4-2-1-3-5-10/h1-8,14,20-21H,9H2. The second-order valence-corrected chi connectivity index (χ2v) is 5.35. The predicted octanol–water partition coefficient (Wildman–Crippen LogP) is 4.61. The van der Waals surface area contributed by atoms with Crippen LogP contribution in [0.15, 0.2) is 53.0 Å². The van der Waals surface area contributed by atoms with Gasteiger partial charge in [-0.25, -0.2) is 0 Å². The van der Waals surface area contributed by atoms with Crippen LogP contribution in [0.4, 0.5) is 18.9 Å². The zero-order valence-electron chi connectivity index (χ0n) is 10.9. The Balaban J connectivity index is 2.09. The molecule has 0 saturated heterocycles. The van der Waals surface area contributed by atoms with Crippen LogP contribution in [0.3, 0.4) is 0 Å². The number of hydrogen-bond acceptors (Lipinski definition) is 2. The van der Waals surface area contributed by atoms with E-state index in [1.807, 2.05) is 6.07 Å². The van der Waals surface area contributed by atoms with Crippen molar-refractivity contribution in [1.29, 1.82) is 0 Å². The van der Waals surface area contributed by atoms with Gasteiger partial charge in [0.1, 0.15) is 0 Å². The Morgan fingerprint density at radius 1 is 1.10 bits per heavy atom. The topological polar surface area (TPSA) is 32.3 Å². The zero-order chi connectivity index (χ0) is 15.5. The molecule has 0 bridgehead atoms. The van der Waals surface area contributed by atoms with Gasteiger partial charge in [0.05, 0.1) is 11.7 Å². The van der Waals surface area contributed by atoms with Crippen molar-refractivity contribution in [3.8, 4) is 0 Å². The predicted molar refractivity (Wildman–Crippen MR) is 79.0 cm³/mol. The van der Waals surface area contributed by atoms with Crippen LogP contribution >= 0.6 is 15.9 Å². The number of hydrogen-bond donors (Lipinski definition) is 2. The van der Waals surface area contributed by atoms with Gasteiger partial charge in [-0.15, -0.1) is 0 Å². The minimum Gasteiger partial charge on any atom is -0.387 e. The van der Waals surface area contributed by atoms with Gasteiger partial charge in [0.2, 0.25) is 0 Å². The van der Waals surface area contributed by atoms with Gasteiger partial charge >= 0.3 is 6.18 Å². The molecule has 0 spiro atoms. The first-order valence-corrected chi connectivity index (χ1v) is 7.01. The van der Waals surface area contributed by atoms with Crippen LogP contribution < -0.4 is 5.32 Å². The van der Waals surface area contributed by atoms with E-state index in [1.165, 1.54) is 6.07 Å².